The largest absolute Gasteiger partial charge is 0.490 e. The number of hydrogen-bond donors (Lipinski definition) is 3. The Hall–Kier alpha value is -3.18. The van der Waals surface area contributed by atoms with E-state index in [-0.39, 0.29) is 32.8 Å². The summed E-state index contributed by atoms with van der Waals surface area (Å²) in [5.74, 6) is -3.67. The third-order valence-electron chi connectivity index (χ3n) is 3.52. The average Bonchev–Trinajstić information content (AvgIpc) is 2.62. The van der Waals surface area contributed by atoms with Gasteiger partial charge in [0.2, 0.25) is 0 Å². The highest BCUT2D eigenvalue weighted by Gasteiger charge is 2.19. The van der Waals surface area contributed by atoms with Crippen LogP contribution in [0.5, 0.6) is 5.75 Å². The van der Waals surface area contributed by atoms with Gasteiger partial charge in [0.1, 0.15) is 19.0 Å². The molecule has 0 heterocycles. The van der Waals surface area contributed by atoms with Crippen LogP contribution in [0.3, 0.4) is 0 Å². The summed E-state index contributed by atoms with van der Waals surface area (Å²) in [4.78, 5) is 46.9. The number of carboxylic acid groups (broad SMARTS) is 3. The molecular weight excluding hydrogens is 388 g/mol. The Balaban J connectivity index is 2.45. The summed E-state index contributed by atoms with van der Waals surface area (Å²) in [6, 6.07) is 8.91. The summed E-state index contributed by atoms with van der Waals surface area (Å²) in [6.45, 7) is -1.84. The van der Waals surface area contributed by atoms with Crippen LogP contribution in [0.4, 0.5) is 0 Å². The van der Waals surface area contributed by atoms with Gasteiger partial charge >= 0.3 is 23.9 Å². The first-order valence-corrected chi connectivity index (χ1v) is 8.70. The summed E-state index contributed by atoms with van der Waals surface area (Å²) in [6.07, 6.45) is 0. The Morgan fingerprint density at radius 1 is 0.724 bits per heavy atom. The lowest BCUT2D eigenvalue weighted by molar-refractivity contribution is -0.148. The molecule has 0 aliphatic carbocycles. The van der Waals surface area contributed by atoms with Crippen molar-refractivity contribution in [3.05, 3.63) is 30.3 Å². The van der Waals surface area contributed by atoms with E-state index < -0.39 is 43.5 Å². The highest BCUT2D eigenvalue weighted by Crippen LogP contribution is 2.07. The topological polar surface area (TPSA) is 154 Å². The van der Waals surface area contributed by atoms with Crippen molar-refractivity contribution in [1.29, 1.82) is 0 Å². The van der Waals surface area contributed by atoms with Crippen molar-refractivity contribution < 1.29 is 44.0 Å². The van der Waals surface area contributed by atoms with Crippen molar-refractivity contribution in [3.63, 3.8) is 0 Å². The summed E-state index contributed by atoms with van der Waals surface area (Å²) in [7, 11) is 0. The van der Waals surface area contributed by atoms with E-state index in [0.29, 0.717) is 5.75 Å². The first-order chi connectivity index (χ1) is 13.8. The molecule has 0 spiro atoms. The molecule has 1 aromatic rings. The number of aliphatic carboxylic acids is 3. The number of hydrogen-bond acceptors (Lipinski definition) is 8. The SMILES string of the molecule is O=C(O)CN(CCN(CC(=O)O)CC(=O)OCCOc1ccccc1)CC(=O)O. The minimum Gasteiger partial charge on any atom is -0.490 e. The predicted molar refractivity (Wildman–Crippen MR) is 98.7 cm³/mol. The predicted octanol–water partition coefficient (Wildman–Crippen LogP) is -0.534. The van der Waals surface area contributed by atoms with E-state index in [9.17, 15) is 19.2 Å². The van der Waals surface area contributed by atoms with E-state index in [1.54, 1.807) is 24.3 Å². The van der Waals surface area contributed by atoms with E-state index in [4.69, 9.17) is 24.8 Å². The average molecular weight is 412 g/mol. The molecule has 0 amide bonds. The lowest BCUT2D eigenvalue weighted by Crippen LogP contribution is -2.43. The molecule has 0 aliphatic heterocycles. The number of benzene rings is 1. The number of nitrogens with zero attached hydrogens (tertiary/aromatic N) is 2. The second-order valence-corrected chi connectivity index (χ2v) is 5.98. The molecule has 0 saturated heterocycles. The van der Waals surface area contributed by atoms with Crippen molar-refractivity contribution in [1.82, 2.24) is 9.80 Å². The van der Waals surface area contributed by atoms with Gasteiger partial charge in [-0.3, -0.25) is 29.0 Å². The van der Waals surface area contributed by atoms with Crippen LogP contribution in [0.1, 0.15) is 0 Å². The molecule has 3 N–H and O–H groups in total. The van der Waals surface area contributed by atoms with E-state index in [1.165, 1.54) is 4.90 Å². The molecule has 1 rings (SSSR count). The number of carbonyl (C=O) groups excluding carboxylic acids is 1. The fourth-order valence-electron chi connectivity index (χ4n) is 2.34. The zero-order valence-corrected chi connectivity index (χ0v) is 15.7. The van der Waals surface area contributed by atoms with Crippen LogP contribution in [0.2, 0.25) is 0 Å². The molecule has 0 atom stereocenters. The van der Waals surface area contributed by atoms with E-state index in [1.807, 2.05) is 6.07 Å². The summed E-state index contributed by atoms with van der Waals surface area (Å²) in [5, 5.41) is 26.6. The minimum atomic E-state index is -1.21. The Kier molecular flexibility index (Phi) is 10.8. The zero-order valence-electron chi connectivity index (χ0n) is 15.7. The third kappa shape index (κ3) is 12.0. The van der Waals surface area contributed by atoms with Gasteiger partial charge in [-0.2, -0.15) is 0 Å². The van der Waals surface area contributed by atoms with E-state index in [2.05, 4.69) is 0 Å². The van der Waals surface area contributed by atoms with Gasteiger partial charge in [-0.1, -0.05) is 18.2 Å². The molecule has 11 heteroatoms. The standard InChI is InChI=1S/C18H24N2O9/c21-15(22)10-19(11-16(23)24)6-7-20(12-17(25)26)13-18(27)29-9-8-28-14-4-2-1-3-5-14/h1-5H,6-13H2,(H,21,22)(H,23,24)(H,25,26). The molecule has 29 heavy (non-hydrogen) atoms. The molecular formula is C18H24N2O9. The van der Waals surface area contributed by atoms with Gasteiger partial charge in [-0.05, 0) is 12.1 Å². The van der Waals surface area contributed by atoms with Crippen molar-refractivity contribution >= 4 is 23.9 Å². The van der Waals surface area contributed by atoms with Crippen LogP contribution in [-0.2, 0) is 23.9 Å². The maximum atomic E-state index is 11.9. The summed E-state index contributed by atoms with van der Waals surface area (Å²) >= 11 is 0. The molecule has 0 bridgehead atoms. The van der Waals surface area contributed by atoms with Gasteiger partial charge in [-0.15, -0.1) is 0 Å². The van der Waals surface area contributed by atoms with Crippen molar-refractivity contribution in [2.45, 2.75) is 0 Å². The lowest BCUT2D eigenvalue weighted by Gasteiger charge is -2.24. The second-order valence-electron chi connectivity index (χ2n) is 5.98. The number of carbonyl (C=O) groups is 4. The first-order valence-electron chi connectivity index (χ1n) is 8.70. The second kappa shape index (κ2) is 13.1. The molecule has 160 valence electrons. The van der Waals surface area contributed by atoms with E-state index in [0.717, 1.165) is 4.90 Å². The van der Waals surface area contributed by atoms with Gasteiger partial charge < -0.3 is 24.8 Å². The Labute approximate surface area is 167 Å². The Morgan fingerprint density at radius 2 is 1.21 bits per heavy atom. The number of rotatable bonds is 15. The lowest BCUT2D eigenvalue weighted by atomic mass is 10.3. The van der Waals surface area contributed by atoms with E-state index >= 15 is 0 Å². The fraction of sp³-hybridized carbons (Fsp3) is 0.444. The van der Waals surface area contributed by atoms with Crippen molar-refractivity contribution in [3.8, 4) is 5.75 Å². The highest BCUT2D eigenvalue weighted by molar-refractivity contribution is 5.74. The normalized spacial score (nSPS) is 10.7. The Bertz CT molecular complexity index is 665. The molecule has 1 aromatic carbocycles. The third-order valence-corrected chi connectivity index (χ3v) is 3.52. The van der Waals surface area contributed by atoms with Crippen molar-refractivity contribution in [2.24, 2.45) is 0 Å². The van der Waals surface area contributed by atoms with Gasteiger partial charge in [0.15, 0.2) is 0 Å². The van der Waals surface area contributed by atoms with Gasteiger partial charge in [-0.25, -0.2) is 0 Å². The zero-order chi connectivity index (χ0) is 21.6. The van der Waals surface area contributed by atoms with Gasteiger partial charge in [0.25, 0.3) is 0 Å². The van der Waals surface area contributed by atoms with Gasteiger partial charge in [0, 0.05) is 13.1 Å². The maximum Gasteiger partial charge on any atom is 0.320 e. The van der Waals surface area contributed by atoms with Crippen molar-refractivity contribution in [2.75, 3.05) is 52.5 Å². The van der Waals surface area contributed by atoms with Crippen LogP contribution < -0.4 is 4.74 Å². The van der Waals surface area contributed by atoms with Crippen LogP contribution in [-0.4, -0.2) is 101 Å². The highest BCUT2D eigenvalue weighted by atomic mass is 16.6. The smallest absolute Gasteiger partial charge is 0.320 e. The minimum absolute atomic E-state index is 0.0253. The molecule has 0 fully saturated rings. The summed E-state index contributed by atoms with van der Waals surface area (Å²) < 4.78 is 10.4. The fourth-order valence-corrected chi connectivity index (χ4v) is 2.34. The molecule has 0 saturated carbocycles. The number of carboxylic acids is 3. The molecule has 0 aromatic heterocycles. The van der Waals surface area contributed by atoms with Gasteiger partial charge in [0.05, 0.1) is 26.2 Å². The van der Waals surface area contributed by atoms with Crippen LogP contribution in [0.15, 0.2) is 30.3 Å². The van der Waals surface area contributed by atoms with Crippen LogP contribution in [0.25, 0.3) is 0 Å². The quantitative estimate of drug-likeness (QED) is 0.251. The first kappa shape index (κ1) is 23.9. The molecule has 0 aliphatic rings. The maximum absolute atomic E-state index is 11.9. The molecule has 11 nitrogen and oxygen atoms in total. The van der Waals surface area contributed by atoms with Crippen LogP contribution in [0, 0.1) is 0 Å². The number of para-hydroxylation sites is 1. The van der Waals surface area contributed by atoms with Crippen LogP contribution >= 0.6 is 0 Å². The summed E-state index contributed by atoms with van der Waals surface area (Å²) in [5.41, 5.74) is 0. The molecule has 0 radical (unpaired) electrons. The Morgan fingerprint density at radius 3 is 1.69 bits per heavy atom. The molecule has 0 unspecified atom stereocenters. The number of esters is 1. The number of ether oxygens (including phenoxy) is 2. The monoisotopic (exact) mass is 412 g/mol.